The number of nitrogens with zero attached hydrogens (tertiary/aromatic N) is 3. The van der Waals surface area contributed by atoms with E-state index in [1.807, 2.05) is 36.7 Å². The molecule has 6 nitrogen and oxygen atoms in total. The first-order chi connectivity index (χ1) is 13.8. The first-order valence-electron chi connectivity index (χ1n) is 9.54. The molecular formula is C21H25F2N3O3. The SMILES string of the molecule is COC(=O)N(CC(=O)N1CCn2cccc2[C@H]1c1ccc(F)cc1F)CC(C)C. The van der Waals surface area contributed by atoms with Crippen molar-refractivity contribution < 1.29 is 23.1 Å². The van der Waals surface area contributed by atoms with E-state index in [0.717, 1.165) is 11.8 Å². The topological polar surface area (TPSA) is 54.8 Å². The maximum atomic E-state index is 14.6. The molecule has 0 unspecified atom stereocenters. The normalized spacial score (nSPS) is 15.9. The fourth-order valence-electron chi connectivity index (χ4n) is 3.73. The molecule has 0 saturated heterocycles. The van der Waals surface area contributed by atoms with Crippen molar-refractivity contribution in [1.29, 1.82) is 0 Å². The number of carbonyl (C=O) groups excluding carboxylic acids is 2. The summed E-state index contributed by atoms with van der Waals surface area (Å²) in [6, 6.07) is 6.31. The molecule has 0 spiro atoms. The van der Waals surface area contributed by atoms with E-state index >= 15 is 0 Å². The van der Waals surface area contributed by atoms with Crippen LogP contribution in [0.1, 0.15) is 31.1 Å². The van der Waals surface area contributed by atoms with Crippen LogP contribution in [-0.2, 0) is 16.1 Å². The smallest absolute Gasteiger partial charge is 0.409 e. The molecule has 29 heavy (non-hydrogen) atoms. The molecule has 1 aromatic carbocycles. The number of methoxy groups -OCH3 is 1. The van der Waals surface area contributed by atoms with Crippen LogP contribution < -0.4 is 0 Å². The number of amides is 2. The molecule has 0 fully saturated rings. The summed E-state index contributed by atoms with van der Waals surface area (Å²) in [7, 11) is 1.27. The third-order valence-corrected chi connectivity index (χ3v) is 4.96. The van der Waals surface area contributed by atoms with Crippen molar-refractivity contribution in [3.05, 3.63) is 59.4 Å². The third kappa shape index (κ3) is 4.41. The van der Waals surface area contributed by atoms with E-state index in [9.17, 15) is 18.4 Å². The summed E-state index contributed by atoms with van der Waals surface area (Å²) in [5, 5.41) is 0. The first-order valence-corrected chi connectivity index (χ1v) is 9.54. The zero-order valence-corrected chi connectivity index (χ0v) is 16.8. The highest BCUT2D eigenvalue weighted by atomic mass is 19.1. The Bertz CT molecular complexity index is 897. The molecule has 2 amide bonds. The Morgan fingerprint density at radius 2 is 2.00 bits per heavy atom. The van der Waals surface area contributed by atoms with E-state index in [-0.39, 0.29) is 23.9 Å². The number of aromatic nitrogens is 1. The Balaban J connectivity index is 1.93. The van der Waals surface area contributed by atoms with Crippen LogP contribution in [0.4, 0.5) is 13.6 Å². The number of rotatable bonds is 5. The van der Waals surface area contributed by atoms with Gasteiger partial charge in [0.05, 0.1) is 7.11 Å². The molecule has 2 aromatic rings. The summed E-state index contributed by atoms with van der Waals surface area (Å²) < 4.78 is 34.8. The van der Waals surface area contributed by atoms with Gasteiger partial charge in [0.2, 0.25) is 5.91 Å². The highest BCUT2D eigenvalue weighted by molar-refractivity contribution is 5.83. The van der Waals surface area contributed by atoms with Gasteiger partial charge in [-0.05, 0) is 24.1 Å². The second-order valence-electron chi connectivity index (χ2n) is 7.53. The lowest BCUT2D eigenvalue weighted by Gasteiger charge is -2.38. The molecule has 156 valence electrons. The molecule has 0 bridgehead atoms. The van der Waals surface area contributed by atoms with Crippen molar-refractivity contribution in [3.8, 4) is 0 Å². The summed E-state index contributed by atoms with van der Waals surface area (Å²) in [6.07, 6.45) is 1.28. The highest BCUT2D eigenvalue weighted by Crippen LogP contribution is 2.34. The molecule has 1 aromatic heterocycles. The van der Waals surface area contributed by atoms with Crippen molar-refractivity contribution in [2.24, 2.45) is 5.92 Å². The lowest BCUT2D eigenvalue weighted by atomic mass is 9.99. The van der Waals surface area contributed by atoms with Gasteiger partial charge in [-0.1, -0.05) is 19.9 Å². The van der Waals surface area contributed by atoms with Gasteiger partial charge in [-0.2, -0.15) is 0 Å². The summed E-state index contributed by atoms with van der Waals surface area (Å²) in [5.41, 5.74) is 0.955. The van der Waals surface area contributed by atoms with Crippen LogP contribution in [0, 0.1) is 17.6 Å². The van der Waals surface area contributed by atoms with Crippen molar-refractivity contribution in [1.82, 2.24) is 14.4 Å². The molecule has 0 saturated carbocycles. The Kier molecular flexibility index (Phi) is 6.20. The van der Waals surface area contributed by atoms with Crippen molar-refractivity contribution in [3.63, 3.8) is 0 Å². The molecule has 1 atom stereocenters. The van der Waals surface area contributed by atoms with Gasteiger partial charge in [0.25, 0.3) is 0 Å². The van der Waals surface area contributed by atoms with Gasteiger partial charge >= 0.3 is 6.09 Å². The van der Waals surface area contributed by atoms with E-state index in [1.165, 1.54) is 24.1 Å². The number of hydrogen-bond donors (Lipinski definition) is 0. The number of benzene rings is 1. The van der Waals surface area contributed by atoms with E-state index in [1.54, 1.807) is 4.90 Å². The number of halogens is 2. The van der Waals surface area contributed by atoms with Crippen LogP contribution in [0.5, 0.6) is 0 Å². The molecule has 0 aliphatic carbocycles. The number of carbonyl (C=O) groups is 2. The lowest BCUT2D eigenvalue weighted by molar-refractivity contribution is -0.135. The number of ether oxygens (including phenoxy) is 1. The predicted molar refractivity (Wildman–Crippen MR) is 103 cm³/mol. The monoisotopic (exact) mass is 405 g/mol. The number of fused-ring (bicyclic) bond motifs is 1. The molecule has 3 rings (SSSR count). The maximum absolute atomic E-state index is 14.6. The van der Waals surface area contributed by atoms with Gasteiger partial charge in [-0.15, -0.1) is 0 Å². The maximum Gasteiger partial charge on any atom is 0.409 e. The van der Waals surface area contributed by atoms with Crippen molar-refractivity contribution in [2.45, 2.75) is 26.4 Å². The molecule has 1 aliphatic rings. The van der Waals surface area contributed by atoms with Crippen molar-refractivity contribution >= 4 is 12.0 Å². The lowest BCUT2D eigenvalue weighted by Crippen LogP contribution is -2.48. The van der Waals surface area contributed by atoms with Gasteiger partial charge in [-0.3, -0.25) is 9.69 Å². The Morgan fingerprint density at radius 3 is 2.66 bits per heavy atom. The van der Waals surface area contributed by atoms with Gasteiger partial charge in [0.15, 0.2) is 0 Å². The Labute approximate surface area is 168 Å². The van der Waals surface area contributed by atoms with Crippen LogP contribution in [0.25, 0.3) is 0 Å². The molecule has 1 aliphatic heterocycles. The van der Waals surface area contributed by atoms with E-state index < -0.39 is 23.8 Å². The Hall–Kier alpha value is -2.90. The molecule has 0 radical (unpaired) electrons. The molecule has 0 N–H and O–H groups in total. The van der Waals surface area contributed by atoms with Crippen LogP contribution >= 0.6 is 0 Å². The minimum Gasteiger partial charge on any atom is -0.453 e. The van der Waals surface area contributed by atoms with Crippen molar-refractivity contribution in [2.75, 3.05) is 26.7 Å². The summed E-state index contributed by atoms with van der Waals surface area (Å²) in [4.78, 5) is 28.2. The van der Waals surface area contributed by atoms with Crippen LogP contribution in [0.3, 0.4) is 0 Å². The second-order valence-corrected chi connectivity index (χ2v) is 7.53. The zero-order chi connectivity index (χ0) is 21.1. The minimum absolute atomic E-state index is 0.144. The average molecular weight is 405 g/mol. The Morgan fingerprint density at radius 1 is 1.24 bits per heavy atom. The quantitative estimate of drug-likeness (QED) is 0.766. The molecule has 2 heterocycles. The largest absolute Gasteiger partial charge is 0.453 e. The molecular weight excluding hydrogens is 380 g/mol. The van der Waals surface area contributed by atoms with Crippen LogP contribution in [0.15, 0.2) is 36.5 Å². The van der Waals surface area contributed by atoms with Gasteiger partial charge in [0.1, 0.15) is 24.2 Å². The zero-order valence-electron chi connectivity index (χ0n) is 16.8. The fraction of sp³-hybridized carbons (Fsp3) is 0.429. The first kappa shape index (κ1) is 20.8. The molecule has 8 heteroatoms. The van der Waals surface area contributed by atoms with E-state index in [0.29, 0.717) is 19.6 Å². The minimum atomic E-state index is -0.713. The fourth-order valence-corrected chi connectivity index (χ4v) is 3.73. The van der Waals surface area contributed by atoms with Gasteiger partial charge in [0, 0.05) is 43.2 Å². The third-order valence-electron chi connectivity index (χ3n) is 4.96. The number of hydrogen-bond acceptors (Lipinski definition) is 3. The van der Waals surface area contributed by atoms with Gasteiger partial charge < -0.3 is 14.2 Å². The summed E-state index contributed by atoms with van der Waals surface area (Å²) in [5.74, 6) is -1.57. The summed E-state index contributed by atoms with van der Waals surface area (Å²) >= 11 is 0. The second kappa shape index (κ2) is 8.63. The average Bonchev–Trinajstić information content (AvgIpc) is 3.15. The summed E-state index contributed by atoms with van der Waals surface area (Å²) in [6.45, 7) is 4.95. The van der Waals surface area contributed by atoms with Crippen LogP contribution in [-0.4, -0.2) is 53.1 Å². The standard InChI is InChI=1S/C21H25F2N3O3/c1-14(2)12-25(21(28)29-3)13-19(27)26-10-9-24-8-4-5-18(24)20(26)16-7-6-15(22)11-17(16)23/h4-8,11,14,20H,9-10,12-13H2,1-3H3/t20-/m1/s1. The van der Waals surface area contributed by atoms with Gasteiger partial charge in [-0.25, -0.2) is 13.6 Å². The van der Waals surface area contributed by atoms with Crippen LogP contribution in [0.2, 0.25) is 0 Å². The highest BCUT2D eigenvalue weighted by Gasteiger charge is 2.35. The predicted octanol–water partition coefficient (Wildman–Crippen LogP) is 3.42. The van der Waals surface area contributed by atoms with E-state index in [4.69, 9.17) is 4.74 Å². The van der Waals surface area contributed by atoms with E-state index in [2.05, 4.69) is 0 Å².